The van der Waals surface area contributed by atoms with E-state index in [2.05, 4.69) is 0 Å². The highest BCUT2D eigenvalue weighted by molar-refractivity contribution is 8.00. The zero-order chi connectivity index (χ0) is 10.8. The SMILES string of the molecule is O=C1CCC(Sc2cc(Cl)ccc2Cl)C1. The van der Waals surface area contributed by atoms with Crippen LogP contribution in [0.15, 0.2) is 23.1 Å². The van der Waals surface area contributed by atoms with E-state index >= 15 is 0 Å². The van der Waals surface area contributed by atoms with Gasteiger partial charge in [-0.1, -0.05) is 23.2 Å². The number of hydrogen-bond donors (Lipinski definition) is 0. The normalized spacial score (nSPS) is 20.9. The third kappa shape index (κ3) is 2.90. The molecule has 0 spiro atoms. The van der Waals surface area contributed by atoms with Gasteiger partial charge in [-0.15, -0.1) is 11.8 Å². The van der Waals surface area contributed by atoms with Crippen molar-refractivity contribution in [3.63, 3.8) is 0 Å². The van der Waals surface area contributed by atoms with Crippen LogP contribution < -0.4 is 0 Å². The van der Waals surface area contributed by atoms with Crippen molar-refractivity contribution in [2.75, 3.05) is 0 Å². The molecule has 0 heterocycles. The van der Waals surface area contributed by atoms with Gasteiger partial charge in [0, 0.05) is 28.0 Å². The molecule has 1 aromatic carbocycles. The minimum Gasteiger partial charge on any atom is -0.300 e. The fourth-order valence-corrected chi connectivity index (χ4v) is 3.36. The van der Waals surface area contributed by atoms with E-state index in [1.165, 1.54) is 0 Å². The predicted molar refractivity (Wildman–Crippen MR) is 65.0 cm³/mol. The van der Waals surface area contributed by atoms with E-state index < -0.39 is 0 Å². The molecule has 0 N–H and O–H groups in total. The van der Waals surface area contributed by atoms with E-state index in [0.29, 0.717) is 33.9 Å². The van der Waals surface area contributed by atoms with Crippen molar-refractivity contribution in [2.24, 2.45) is 0 Å². The van der Waals surface area contributed by atoms with E-state index in [4.69, 9.17) is 23.2 Å². The van der Waals surface area contributed by atoms with Gasteiger partial charge in [0.05, 0.1) is 5.02 Å². The second-order valence-corrected chi connectivity index (χ2v) is 5.78. The molecule has 1 aliphatic rings. The number of Topliss-reactive ketones (excluding diaryl/α,β-unsaturated/α-hetero) is 1. The first-order valence-corrected chi connectivity index (χ1v) is 6.42. The Morgan fingerprint density at radius 1 is 1.33 bits per heavy atom. The Morgan fingerprint density at radius 3 is 2.80 bits per heavy atom. The summed E-state index contributed by atoms with van der Waals surface area (Å²) in [6.07, 6.45) is 2.32. The molecule has 2 rings (SSSR count). The number of hydrogen-bond acceptors (Lipinski definition) is 2. The van der Waals surface area contributed by atoms with Crippen LogP contribution in [0.25, 0.3) is 0 Å². The maximum absolute atomic E-state index is 11.1. The van der Waals surface area contributed by atoms with Gasteiger partial charge in [0.25, 0.3) is 0 Å². The number of thioether (sulfide) groups is 1. The lowest BCUT2D eigenvalue weighted by Crippen LogP contribution is -1.96. The topological polar surface area (TPSA) is 17.1 Å². The van der Waals surface area contributed by atoms with Gasteiger partial charge in [-0.25, -0.2) is 0 Å². The Bertz CT molecular complexity index is 392. The summed E-state index contributed by atoms with van der Waals surface area (Å²) >= 11 is 13.6. The highest BCUT2D eigenvalue weighted by atomic mass is 35.5. The van der Waals surface area contributed by atoms with E-state index in [0.717, 1.165) is 11.3 Å². The molecule has 0 aliphatic heterocycles. The van der Waals surface area contributed by atoms with Crippen LogP contribution >= 0.6 is 35.0 Å². The number of halogens is 2. The summed E-state index contributed by atoms with van der Waals surface area (Å²) in [4.78, 5) is 12.1. The van der Waals surface area contributed by atoms with Gasteiger partial charge < -0.3 is 0 Å². The van der Waals surface area contributed by atoms with Crippen molar-refractivity contribution in [3.05, 3.63) is 28.2 Å². The van der Waals surface area contributed by atoms with Crippen molar-refractivity contribution in [2.45, 2.75) is 29.4 Å². The Kier molecular flexibility index (Phi) is 3.60. The molecule has 0 bridgehead atoms. The molecule has 1 atom stereocenters. The summed E-state index contributed by atoms with van der Waals surface area (Å²) < 4.78 is 0. The molecule has 1 saturated carbocycles. The molecule has 0 saturated heterocycles. The van der Waals surface area contributed by atoms with Crippen molar-refractivity contribution < 1.29 is 4.79 Å². The Morgan fingerprint density at radius 2 is 2.13 bits per heavy atom. The van der Waals surface area contributed by atoms with Gasteiger partial charge in [0.1, 0.15) is 5.78 Å². The van der Waals surface area contributed by atoms with Crippen LogP contribution in [0.1, 0.15) is 19.3 Å². The Hall–Kier alpha value is -0.180. The van der Waals surface area contributed by atoms with E-state index in [-0.39, 0.29) is 0 Å². The van der Waals surface area contributed by atoms with Crippen molar-refractivity contribution >= 4 is 40.7 Å². The summed E-state index contributed by atoms with van der Waals surface area (Å²) in [5, 5.41) is 1.77. The number of benzene rings is 1. The monoisotopic (exact) mass is 260 g/mol. The van der Waals surface area contributed by atoms with Gasteiger partial charge in [0.15, 0.2) is 0 Å². The maximum atomic E-state index is 11.1. The third-order valence-corrected chi connectivity index (χ3v) is 4.39. The lowest BCUT2D eigenvalue weighted by Gasteiger charge is -2.09. The van der Waals surface area contributed by atoms with Gasteiger partial charge in [-0.2, -0.15) is 0 Å². The molecule has 1 fully saturated rings. The smallest absolute Gasteiger partial charge is 0.134 e. The number of carbonyl (C=O) groups is 1. The summed E-state index contributed by atoms with van der Waals surface area (Å²) in [7, 11) is 0. The zero-order valence-electron chi connectivity index (χ0n) is 8.00. The van der Waals surface area contributed by atoms with Gasteiger partial charge in [0.2, 0.25) is 0 Å². The Labute approximate surface area is 103 Å². The molecule has 4 heteroatoms. The van der Waals surface area contributed by atoms with Crippen molar-refractivity contribution in [1.29, 1.82) is 0 Å². The first-order valence-electron chi connectivity index (χ1n) is 4.78. The van der Waals surface area contributed by atoms with E-state index in [9.17, 15) is 4.79 Å². The first-order chi connectivity index (χ1) is 7.15. The van der Waals surface area contributed by atoms with E-state index in [1.807, 2.05) is 6.07 Å². The van der Waals surface area contributed by atoms with Crippen LogP contribution in [-0.4, -0.2) is 11.0 Å². The quantitative estimate of drug-likeness (QED) is 0.793. The fourth-order valence-electron chi connectivity index (χ4n) is 1.63. The largest absolute Gasteiger partial charge is 0.300 e. The van der Waals surface area contributed by atoms with Crippen LogP contribution in [0.4, 0.5) is 0 Å². The van der Waals surface area contributed by atoms with Crippen LogP contribution in [0, 0.1) is 0 Å². The molecule has 1 aromatic rings. The van der Waals surface area contributed by atoms with Gasteiger partial charge >= 0.3 is 0 Å². The second kappa shape index (κ2) is 4.77. The minimum atomic E-state index is 0.352. The highest BCUT2D eigenvalue weighted by Crippen LogP contribution is 2.37. The van der Waals surface area contributed by atoms with Gasteiger partial charge in [-0.3, -0.25) is 4.79 Å². The van der Waals surface area contributed by atoms with Gasteiger partial charge in [-0.05, 0) is 24.6 Å². The lowest BCUT2D eigenvalue weighted by molar-refractivity contribution is -0.117. The first kappa shape index (κ1) is 11.3. The Balaban J connectivity index is 2.10. The van der Waals surface area contributed by atoms with E-state index in [1.54, 1.807) is 23.9 Å². The summed E-state index contributed by atoms with van der Waals surface area (Å²) in [5.74, 6) is 0.352. The molecule has 1 nitrogen and oxygen atoms in total. The molecular weight excluding hydrogens is 251 g/mol. The summed E-state index contributed by atoms with van der Waals surface area (Å²) in [6, 6.07) is 5.42. The molecule has 0 radical (unpaired) electrons. The summed E-state index contributed by atoms with van der Waals surface area (Å²) in [5.41, 5.74) is 0. The molecular formula is C11H10Cl2OS. The molecule has 1 unspecified atom stereocenters. The average molecular weight is 261 g/mol. The maximum Gasteiger partial charge on any atom is 0.134 e. The van der Waals surface area contributed by atoms with Crippen LogP contribution in [0.5, 0.6) is 0 Å². The van der Waals surface area contributed by atoms with Crippen LogP contribution in [0.3, 0.4) is 0 Å². The number of carbonyl (C=O) groups excluding carboxylic acids is 1. The molecule has 80 valence electrons. The number of ketones is 1. The van der Waals surface area contributed by atoms with Crippen LogP contribution in [0.2, 0.25) is 10.0 Å². The predicted octanol–water partition coefficient (Wildman–Crippen LogP) is 4.21. The zero-order valence-corrected chi connectivity index (χ0v) is 10.3. The molecule has 1 aliphatic carbocycles. The molecule has 0 aromatic heterocycles. The number of rotatable bonds is 2. The molecule has 15 heavy (non-hydrogen) atoms. The minimum absolute atomic E-state index is 0.352. The third-order valence-electron chi connectivity index (χ3n) is 2.39. The second-order valence-electron chi connectivity index (χ2n) is 3.60. The van der Waals surface area contributed by atoms with Crippen molar-refractivity contribution in [3.8, 4) is 0 Å². The fraction of sp³-hybridized carbons (Fsp3) is 0.364. The highest BCUT2D eigenvalue weighted by Gasteiger charge is 2.23. The summed E-state index contributed by atoms with van der Waals surface area (Å²) in [6.45, 7) is 0. The van der Waals surface area contributed by atoms with Crippen LogP contribution in [-0.2, 0) is 4.79 Å². The molecule has 0 amide bonds. The standard InChI is InChI=1S/C11H10Cl2OS/c12-7-1-4-10(13)11(5-7)15-9-3-2-8(14)6-9/h1,4-5,9H,2-3,6H2. The van der Waals surface area contributed by atoms with Crippen molar-refractivity contribution in [1.82, 2.24) is 0 Å². The lowest BCUT2D eigenvalue weighted by atomic mass is 10.3. The average Bonchev–Trinajstić information content (AvgIpc) is 2.58.